The molecule has 0 radical (unpaired) electrons. The highest BCUT2D eigenvalue weighted by Gasteiger charge is 2.17. The highest BCUT2D eigenvalue weighted by atomic mass is 32.2. The largest absolute Gasteiger partial charge is 0.478 e. The van der Waals surface area contributed by atoms with E-state index in [1.54, 1.807) is 6.92 Å². The predicted molar refractivity (Wildman–Crippen MR) is 52.7 cm³/mol. The van der Waals surface area contributed by atoms with Crippen molar-refractivity contribution in [2.24, 2.45) is 0 Å². The van der Waals surface area contributed by atoms with E-state index in [9.17, 15) is 13.2 Å². The van der Waals surface area contributed by atoms with Crippen LogP contribution >= 0.6 is 0 Å². The van der Waals surface area contributed by atoms with Gasteiger partial charge in [0.15, 0.2) is 0 Å². The summed E-state index contributed by atoms with van der Waals surface area (Å²) in [6.45, 7) is 3.08. The summed E-state index contributed by atoms with van der Waals surface area (Å²) >= 11 is 0. The molecule has 0 amide bonds. The minimum absolute atomic E-state index is 0.161. The number of carboxylic acid groups (broad SMARTS) is 1. The Morgan fingerprint density at radius 2 is 1.80 bits per heavy atom. The standard InChI is InChI=1S/C9H10O5S/c1-5-3-7(9(10)11)4-8(6(5)2)15(12,13)14/h3-4H,1-2H3,(H,10,11)(H,12,13,14). The molecule has 1 aromatic rings. The van der Waals surface area contributed by atoms with Gasteiger partial charge in [-0.1, -0.05) is 0 Å². The third-order valence-electron chi connectivity index (χ3n) is 2.14. The Morgan fingerprint density at radius 3 is 2.20 bits per heavy atom. The normalized spacial score (nSPS) is 11.4. The summed E-state index contributed by atoms with van der Waals surface area (Å²) in [5.74, 6) is -1.23. The van der Waals surface area contributed by atoms with E-state index in [1.165, 1.54) is 13.0 Å². The van der Waals surface area contributed by atoms with Crippen molar-refractivity contribution >= 4 is 16.1 Å². The Labute approximate surface area is 87.1 Å². The van der Waals surface area contributed by atoms with Crippen LogP contribution in [-0.4, -0.2) is 24.0 Å². The molecule has 0 spiro atoms. The van der Waals surface area contributed by atoms with E-state index >= 15 is 0 Å². The van der Waals surface area contributed by atoms with Crippen LogP contribution in [0.15, 0.2) is 17.0 Å². The second-order valence-corrected chi connectivity index (χ2v) is 4.59. The van der Waals surface area contributed by atoms with Crippen LogP contribution in [0.2, 0.25) is 0 Å². The maximum atomic E-state index is 10.9. The van der Waals surface area contributed by atoms with E-state index in [0.717, 1.165) is 6.07 Å². The lowest BCUT2D eigenvalue weighted by atomic mass is 10.1. The summed E-state index contributed by atoms with van der Waals surface area (Å²) in [7, 11) is -4.38. The molecule has 1 rings (SSSR count). The highest BCUT2D eigenvalue weighted by Crippen LogP contribution is 2.20. The molecule has 0 aliphatic carbocycles. The van der Waals surface area contributed by atoms with Crippen LogP contribution in [0.5, 0.6) is 0 Å². The van der Waals surface area contributed by atoms with Crippen LogP contribution in [0, 0.1) is 13.8 Å². The average molecular weight is 230 g/mol. The monoisotopic (exact) mass is 230 g/mol. The summed E-state index contributed by atoms with van der Waals surface area (Å²) in [5, 5.41) is 8.71. The Balaban J connectivity index is 3.59. The molecule has 15 heavy (non-hydrogen) atoms. The molecule has 0 saturated heterocycles. The van der Waals surface area contributed by atoms with Gasteiger partial charge in [0.1, 0.15) is 0 Å². The Morgan fingerprint density at radius 1 is 1.27 bits per heavy atom. The molecule has 0 atom stereocenters. The van der Waals surface area contributed by atoms with Crippen LogP contribution in [0.4, 0.5) is 0 Å². The maximum Gasteiger partial charge on any atom is 0.335 e. The van der Waals surface area contributed by atoms with E-state index in [-0.39, 0.29) is 10.5 Å². The van der Waals surface area contributed by atoms with E-state index in [2.05, 4.69) is 0 Å². The van der Waals surface area contributed by atoms with Crippen LogP contribution in [0.1, 0.15) is 21.5 Å². The first-order valence-corrected chi connectivity index (χ1v) is 5.49. The minimum atomic E-state index is -4.38. The van der Waals surface area contributed by atoms with Crippen molar-refractivity contribution in [3.63, 3.8) is 0 Å². The average Bonchev–Trinajstić information content (AvgIpc) is 2.06. The lowest BCUT2D eigenvalue weighted by molar-refractivity contribution is 0.0696. The summed E-state index contributed by atoms with van der Waals surface area (Å²) in [6.07, 6.45) is 0. The van der Waals surface area contributed by atoms with Crippen molar-refractivity contribution < 1.29 is 22.9 Å². The van der Waals surface area contributed by atoms with Crippen molar-refractivity contribution in [3.05, 3.63) is 28.8 Å². The van der Waals surface area contributed by atoms with Crippen LogP contribution < -0.4 is 0 Å². The summed E-state index contributed by atoms with van der Waals surface area (Å²) in [4.78, 5) is 10.3. The number of carbonyl (C=O) groups is 1. The van der Waals surface area contributed by atoms with Gasteiger partial charge in [0.25, 0.3) is 10.1 Å². The zero-order valence-corrected chi connectivity index (χ0v) is 9.00. The Hall–Kier alpha value is -1.40. The zero-order valence-electron chi connectivity index (χ0n) is 8.18. The van der Waals surface area contributed by atoms with Crippen molar-refractivity contribution in [1.29, 1.82) is 0 Å². The first-order chi connectivity index (χ1) is 6.73. The molecule has 0 fully saturated rings. The van der Waals surface area contributed by atoms with Crippen molar-refractivity contribution in [2.75, 3.05) is 0 Å². The van der Waals surface area contributed by atoms with E-state index in [1.807, 2.05) is 0 Å². The summed E-state index contributed by atoms with van der Waals surface area (Å²) in [6, 6.07) is 2.30. The fourth-order valence-corrected chi connectivity index (χ4v) is 2.04. The Bertz CT molecular complexity index is 516. The molecule has 1 aromatic carbocycles. The van der Waals surface area contributed by atoms with Gasteiger partial charge in [-0.05, 0) is 37.1 Å². The summed E-state index contributed by atoms with van der Waals surface area (Å²) in [5.41, 5.74) is 0.691. The van der Waals surface area contributed by atoms with Crippen LogP contribution in [0.3, 0.4) is 0 Å². The molecule has 0 unspecified atom stereocenters. The van der Waals surface area contributed by atoms with Crippen molar-refractivity contribution in [2.45, 2.75) is 18.7 Å². The molecular formula is C9H10O5S. The SMILES string of the molecule is Cc1cc(C(=O)O)cc(S(=O)(=O)O)c1C. The van der Waals surface area contributed by atoms with Gasteiger partial charge in [-0.15, -0.1) is 0 Å². The predicted octanol–water partition coefficient (Wildman–Crippen LogP) is 1.25. The van der Waals surface area contributed by atoms with Gasteiger partial charge < -0.3 is 5.11 Å². The fraction of sp³-hybridized carbons (Fsp3) is 0.222. The van der Waals surface area contributed by atoms with E-state index in [4.69, 9.17) is 9.66 Å². The first kappa shape index (κ1) is 11.7. The fourth-order valence-electron chi connectivity index (χ4n) is 1.22. The number of rotatable bonds is 2. The zero-order chi connectivity index (χ0) is 11.8. The number of aromatic carboxylic acids is 1. The molecule has 0 saturated carbocycles. The third-order valence-corrected chi connectivity index (χ3v) is 3.12. The van der Waals surface area contributed by atoms with E-state index in [0.29, 0.717) is 11.1 Å². The van der Waals surface area contributed by atoms with Gasteiger partial charge in [0.05, 0.1) is 10.5 Å². The van der Waals surface area contributed by atoms with Gasteiger partial charge in [0.2, 0.25) is 0 Å². The van der Waals surface area contributed by atoms with Crippen molar-refractivity contribution in [3.8, 4) is 0 Å². The van der Waals surface area contributed by atoms with Gasteiger partial charge >= 0.3 is 5.97 Å². The van der Waals surface area contributed by atoms with Gasteiger partial charge in [0, 0.05) is 0 Å². The second-order valence-electron chi connectivity index (χ2n) is 3.20. The number of aryl methyl sites for hydroxylation is 1. The topological polar surface area (TPSA) is 91.7 Å². The number of benzene rings is 1. The molecule has 5 nitrogen and oxygen atoms in total. The minimum Gasteiger partial charge on any atom is -0.478 e. The van der Waals surface area contributed by atoms with Crippen LogP contribution in [-0.2, 0) is 10.1 Å². The molecule has 2 N–H and O–H groups in total. The molecule has 0 heterocycles. The van der Waals surface area contributed by atoms with Crippen molar-refractivity contribution in [1.82, 2.24) is 0 Å². The van der Waals surface area contributed by atoms with Gasteiger partial charge in [-0.3, -0.25) is 4.55 Å². The quantitative estimate of drug-likeness (QED) is 0.746. The maximum absolute atomic E-state index is 10.9. The molecule has 0 bridgehead atoms. The Kier molecular flexibility index (Phi) is 2.83. The molecule has 82 valence electrons. The van der Waals surface area contributed by atoms with Gasteiger partial charge in [-0.25, -0.2) is 4.79 Å². The molecule has 0 aliphatic heterocycles. The number of hydrogen-bond acceptors (Lipinski definition) is 3. The first-order valence-electron chi connectivity index (χ1n) is 4.05. The lowest BCUT2D eigenvalue weighted by Gasteiger charge is -2.07. The molecule has 0 aromatic heterocycles. The second kappa shape index (κ2) is 3.63. The van der Waals surface area contributed by atoms with E-state index < -0.39 is 16.1 Å². The number of hydrogen-bond donors (Lipinski definition) is 2. The molecular weight excluding hydrogens is 220 g/mol. The number of carboxylic acids is 1. The molecule has 6 heteroatoms. The van der Waals surface area contributed by atoms with Gasteiger partial charge in [-0.2, -0.15) is 8.42 Å². The highest BCUT2D eigenvalue weighted by molar-refractivity contribution is 7.85. The third kappa shape index (κ3) is 2.34. The lowest BCUT2D eigenvalue weighted by Crippen LogP contribution is -2.06. The van der Waals surface area contributed by atoms with Crippen LogP contribution in [0.25, 0.3) is 0 Å². The smallest absolute Gasteiger partial charge is 0.335 e. The summed E-state index contributed by atoms with van der Waals surface area (Å²) < 4.78 is 30.8. The molecule has 0 aliphatic rings.